The van der Waals surface area contributed by atoms with Crippen molar-refractivity contribution in [3.05, 3.63) is 30.3 Å². The third-order valence-electron chi connectivity index (χ3n) is 5.80. The van der Waals surface area contributed by atoms with Crippen molar-refractivity contribution in [2.45, 2.75) is 51.6 Å². The van der Waals surface area contributed by atoms with Gasteiger partial charge in [0.05, 0.1) is 6.04 Å². The molecule has 1 amide bonds. The summed E-state index contributed by atoms with van der Waals surface area (Å²) in [4.78, 5) is 17.4. The lowest BCUT2D eigenvalue weighted by atomic mass is 9.86. The van der Waals surface area contributed by atoms with Crippen molar-refractivity contribution < 1.29 is 4.79 Å². The first-order valence-electron chi connectivity index (χ1n) is 9.49. The van der Waals surface area contributed by atoms with E-state index in [-0.39, 0.29) is 11.9 Å². The second-order valence-electron chi connectivity index (χ2n) is 7.41. The number of anilines is 1. The number of hydrogen-bond donors (Lipinski definition) is 1. The average molecular weight is 329 g/mol. The van der Waals surface area contributed by atoms with Crippen LogP contribution in [0.2, 0.25) is 0 Å². The molecule has 1 aromatic rings. The molecule has 1 heterocycles. The summed E-state index contributed by atoms with van der Waals surface area (Å²) in [6.45, 7) is 8.20. The molecule has 3 atom stereocenters. The van der Waals surface area contributed by atoms with Crippen molar-refractivity contribution in [2.75, 3.05) is 31.1 Å². The third kappa shape index (κ3) is 4.10. The summed E-state index contributed by atoms with van der Waals surface area (Å²) in [5, 5.41) is 3.31. The quantitative estimate of drug-likeness (QED) is 0.922. The van der Waals surface area contributed by atoms with E-state index in [1.54, 1.807) is 0 Å². The van der Waals surface area contributed by atoms with Crippen LogP contribution in [0.1, 0.15) is 39.5 Å². The Morgan fingerprint density at radius 3 is 2.42 bits per heavy atom. The minimum absolute atomic E-state index is 0.0305. The van der Waals surface area contributed by atoms with Crippen molar-refractivity contribution in [3.63, 3.8) is 0 Å². The number of carbonyl (C=O) groups is 1. The topological polar surface area (TPSA) is 35.6 Å². The van der Waals surface area contributed by atoms with Crippen LogP contribution in [0.3, 0.4) is 0 Å². The Kier molecular flexibility index (Phi) is 5.77. The summed E-state index contributed by atoms with van der Waals surface area (Å²) >= 11 is 0. The van der Waals surface area contributed by atoms with Crippen LogP contribution in [-0.2, 0) is 4.79 Å². The van der Waals surface area contributed by atoms with Crippen molar-refractivity contribution in [2.24, 2.45) is 5.92 Å². The number of amides is 1. The highest BCUT2D eigenvalue weighted by Crippen LogP contribution is 2.24. The lowest BCUT2D eigenvalue weighted by Crippen LogP contribution is -2.55. The zero-order valence-electron chi connectivity index (χ0n) is 15.1. The smallest absolute Gasteiger partial charge is 0.237 e. The molecule has 0 unspecified atom stereocenters. The van der Waals surface area contributed by atoms with Crippen LogP contribution in [-0.4, -0.2) is 49.1 Å². The predicted octanol–water partition coefficient (Wildman–Crippen LogP) is 2.89. The van der Waals surface area contributed by atoms with Gasteiger partial charge in [-0.05, 0) is 37.8 Å². The summed E-state index contributed by atoms with van der Waals surface area (Å²) in [5.74, 6) is 0.826. The van der Waals surface area contributed by atoms with E-state index in [1.807, 2.05) is 0 Å². The highest BCUT2D eigenvalue weighted by Gasteiger charge is 2.29. The molecule has 1 aliphatic heterocycles. The van der Waals surface area contributed by atoms with Gasteiger partial charge in [0.1, 0.15) is 0 Å². The maximum Gasteiger partial charge on any atom is 0.237 e. The van der Waals surface area contributed by atoms with Crippen LogP contribution < -0.4 is 10.2 Å². The number of benzene rings is 1. The van der Waals surface area contributed by atoms with Gasteiger partial charge in [-0.2, -0.15) is 0 Å². The molecule has 132 valence electrons. The third-order valence-corrected chi connectivity index (χ3v) is 5.80. The largest absolute Gasteiger partial charge is 0.369 e. The normalized spacial score (nSPS) is 26.8. The highest BCUT2D eigenvalue weighted by atomic mass is 16.2. The highest BCUT2D eigenvalue weighted by molar-refractivity contribution is 5.81. The Morgan fingerprint density at radius 1 is 1.08 bits per heavy atom. The molecule has 1 aromatic carbocycles. The Labute approximate surface area is 146 Å². The molecular formula is C20H31N3O. The number of carbonyl (C=O) groups excluding carboxylic acids is 1. The minimum Gasteiger partial charge on any atom is -0.369 e. The van der Waals surface area contributed by atoms with Crippen molar-refractivity contribution in [1.82, 2.24) is 10.2 Å². The molecule has 3 rings (SSSR count). The SMILES string of the molecule is C[C@H](C(=O)N[C@@H]1CCCC[C@@H]1C)N1CCN(c2ccccc2)CC1. The summed E-state index contributed by atoms with van der Waals surface area (Å²) in [6, 6.07) is 10.9. The number of hydrogen-bond acceptors (Lipinski definition) is 3. The maximum atomic E-state index is 12.6. The molecule has 0 bridgehead atoms. The van der Waals surface area contributed by atoms with Crippen molar-refractivity contribution >= 4 is 11.6 Å². The Hall–Kier alpha value is -1.55. The van der Waals surface area contributed by atoms with Gasteiger partial charge in [-0.1, -0.05) is 38.0 Å². The molecule has 0 spiro atoms. The molecule has 1 N–H and O–H groups in total. The molecular weight excluding hydrogens is 298 g/mol. The van der Waals surface area contributed by atoms with E-state index in [9.17, 15) is 4.79 Å². The summed E-state index contributed by atoms with van der Waals surface area (Å²) in [5.41, 5.74) is 1.28. The Balaban J connectivity index is 1.49. The standard InChI is InChI=1S/C20H31N3O/c1-16-8-6-7-11-19(16)21-20(24)17(2)22-12-14-23(15-13-22)18-9-4-3-5-10-18/h3-5,9-10,16-17,19H,6-8,11-15H2,1-2H3,(H,21,24)/t16-,17+,19+/m0/s1. The maximum absolute atomic E-state index is 12.6. The fraction of sp³-hybridized carbons (Fsp3) is 0.650. The zero-order chi connectivity index (χ0) is 16.9. The second-order valence-corrected chi connectivity index (χ2v) is 7.41. The van der Waals surface area contributed by atoms with E-state index < -0.39 is 0 Å². The second kappa shape index (κ2) is 8.02. The van der Waals surface area contributed by atoms with Gasteiger partial charge < -0.3 is 10.2 Å². The van der Waals surface area contributed by atoms with E-state index in [0.717, 1.165) is 32.6 Å². The number of rotatable bonds is 4. The summed E-state index contributed by atoms with van der Waals surface area (Å²) < 4.78 is 0. The van der Waals surface area contributed by atoms with Crippen LogP contribution in [0, 0.1) is 5.92 Å². The Morgan fingerprint density at radius 2 is 1.75 bits per heavy atom. The van der Waals surface area contributed by atoms with E-state index in [4.69, 9.17) is 0 Å². The van der Waals surface area contributed by atoms with Gasteiger partial charge in [0, 0.05) is 37.9 Å². The number of nitrogens with zero attached hydrogens (tertiary/aromatic N) is 2. The zero-order valence-corrected chi connectivity index (χ0v) is 15.1. The number of para-hydroxylation sites is 1. The van der Waals surface area contributed by atoms with Crippen molar-refractivity contribution in [1.29, 1.82) is 0 Å². The molecule has 2 aliphatic rings. The molecule has 24 heavy (non-hydrogen) atoms. The van der Waals surface area contributed by atoms with E-state index in [0.29, 0.717) is 12.0 Å². The van der Waals surface area contributed by atoms with Crippen LogP contribution >= 0.6 is 0 Å². The van der Waals surface area contributed by atoms with Gasteiger partial charge in [-0.15, -0.1) is 0 Å². The molecule has 0 aromatic heterocycles. The first kappa shape index (κ1) is 17.3. The lowest BCUT2D eigenvalue weighted by molar-refractivity contribution is -0.127. The van der Waals surface area contributed by atoms with Crippen molar-refractivity contribution in [3.8, 4) is 0 Å². The fourth-order valence-electron chi connectivity index (χ4n) is 4.01. The first-order valence-corrected chi connectivity index (χ1v) is 9.49. The Bertz CT molecular complexity index is 525. The molecule has 1 aliphatic carbocycles. The number of nitrogens with one attached hydrogen (secondary N) is 1. The van der Waals surface area contributed by atoms with E-state index in [1.165, 1.54) is 24.9 Å². The molecule has 4 heteroatoms. The van der Waals surface area contributed by atoms with E-state index >= 15 is 0 Å². The van der Waals surface area contributed by atoms with Gasteiger partial charge in [0.2, 0.25) is 5.91 Å². The predicted molar refractivity (Wildman–Crippen MR) is 99.3 cm³/mol. The van der Waals surface area contributed by atoms with Crippen LogP contribution in [0.25, 0.3) is 0 Å². The summed E-state index contributed by atoms with van der Waals surface area (Å²) in [6.07, 6.45) is 4.94. The first-order chi connectivity index (χ1) is 11.6. The monoisotopic (exact) mass is 329 g/mol. The minimum atomic E-state index is -0.0305. The molecule has 4 nitrogen and oxygen atoms in total. The number of piperazine rings is 1. The van der Waals surface area contributed by atoms with Gasteiger partial charge in [0.15, 0.2) is 0 Å². The lowest BCUT2D eigenvalue weighted by Gasteiger charge is -2.39. The summed E-state index contributed by atoms with van der Waals surface area (Å²) in [7, 11) is 0. The average Bonchev–Trinajstić information content (AvgIpc) is 2.64. The van der Waals surface area contributed by atoms with Gasteiger partial charge in [-0.3, -0.25) is 9.69 Å². The van der Waals surface area contributed by atoms with Crippen LogP contribution in [0.4, 0.5) is 5.69 Å². The molecule has 2 fully saturated rings. The van der Waals surface area contributed by atoms with Crippen LogP contribution in [0.5, 0.6) is 0 Å². The molecule has 1 saturated heterocycles. The van der Waals surface area contributed by atoms with Gasteiger partial charge in [0.25, 0.3) is 0 Å². The van der Waals surface area contributed by atoms with Gasteiger partial charge >= 0.3 is 0 Å². The molecule has 1 saturated carbocycles. The molecule has 0 radical (unpaired) electrons. The van der Waals surface area contributed by atoms with Crippen LogP contribution in [0.15, 0.2) is 30.3 Å². The fourth-order valence-corrected chi connectivity index (χ4v) is 4.01. The van der Waals surface area contributed by atoms with Gasteiger partial charge in [-0.25, -0.2) is 0 Å². The van der Waals surface area contributed by atoms with E-state index in [2.05, 4.69) is 59.3 Å².